The summed E-state index contributed by atoms with van der Waals surface area (Å²) in [6.45, 7) is 10.7. The lowest BCUT2D eigenvalue weighted by Crippen LogP contribution is -2.26. The molecule has 4 heteroatoms. The summed E-state index contributed by atoms with van der Waals surface area (Å²) in [5, 5.41) is 13.3. The molecule has 1 aliphatic heterocycles. The van der Waals surface area contributed by atoms with Crippen molar-refractivity contribution in [3.63, 3.8) is 0 Å². The van der Waals surface area contributed by atoms with E-state index in [0.29, 0.717) is 5.71 Å². The zero-order valence-electron chi connectivity index (χ0n) is 13.2. The monoisotopic (exact) mass is 283 g/mol. The van der Waals surface area contributed by atoms with Crippen LogP contribution in [0.5, 0.6) is 0 Å². The molecule has 0 aromatic heterocycles. The van der Waals surface area contributed by atoms with Crippen molar-refractivity contribution in [3.05, 3.63) is 29.3 Å². The molecule has 3 rings (SSSR count). The molecule has 0 atom stereocenters. The summed E-state index contributed by atoms with van der Waals surface area (Å²) in [5.41, 5.74) is 4.08. The van der Waals surface area contributed by atoms with E-state index in [1.807, 2.05) is 6.07 Å². The number of hydrogen-bond donors (Lipinski definition) is 1. The van der Waals surface area contributed by atoms with Gasteiger partial charge in [-0.25, -0.2) is 0 Å². The summed E-state index contributed by atoms with van der Waals surface area (Å²) >= 11 is 0. The molecule has 0 bridgehead atoms. The Hall–Kier alpha value is -1.97. The summed E-state index contributed by atoms with van der Waals surface area (Å²) in [6, 6.07) is 6.12. The summed E-state index contributed by atoms with van der Waals surface area (Å²) in [6.07, 6.45) is 1.09. The fourth-order valence-corrected chi connectivity index (χ4v) is 3.79. The second kappa shape index (κ2) is 4.03. The first-order chi connectivity index (χ1) is 9.63. The summed E-state index contributed by atoms with van der Waals surface area (Å²) in [7, 11) is 0. The van der Waals surface area contributed by atoms with Crippen LogP contribution in [0.3, 0.4) is 0 Å². The predicted octanol–water partition coefficient (Wildman–Crippen LogP) is 3.39. The van der Waals surface area contributed by atoms with E-state index in [1.54, 1.807) is 6.92 Å². The molecule has 21 heavy (non-hydrogen) atoms. The van der Waals surface area contributed by atoms with E-state index in [0.717, 1.165) is 12.1 Å². The van der Waals surface area contributed by atoms with Crippen LogP contribution in [0, 0.1) is 5.41 Å². The molecule has 0 fully saturated rings. The number of hydrogen-bond acceptors (Lipinski definition) is 3. The van der Waals surface area contributed by atoms with E-state index in [9.17, 15) is 4.79 Å². The Balaban J connectivity index is 2.10. The van der Waals surface area contributed by atoms with Crippen molar-refractivity contribution in [2.24, 2.45) is 5.10 Å². The molecule has 0 saturated carbocycles. The highest BCUT2D eigenvalue weighted by Gasteiger charge is 2.42. The van der Waals surface area contributed by atoms with Gasteiger partial charge in [0, 0.05) is 0 Å². The van der Waals surface area contributed by atoms with Crippen LogP contribution in [0.4, 0.5) is 5.69 Å². The van der Waals surface area contributed by atoms with Crippen LogP contribution in [-0.2, 0) is 15.6 Å². The number of nitrogens with zero attached hydrogens (tertiary/aromatic N) is 2. The molecule has 1 aromatic carbocycles. The standard InChI is InChI=1S/C17H21N3O/c1-10-14(18)15(21)20(19-10)11-6-7-12-13(8-11)17(4,5)9-16(12,2)3/h6-8,18H,9H2,1-5H3. The van der Waals surface area contributed by atoms with Crippen molar-refractivity contribution in [1.82, 2.24) is 0 Å². The predicted molar refractivity (Wildman–Crippen MR) is 85.4 cm³/mol. The normalized spacial score (nSPS) is 22.5. The summed E-state index contributed by atoms with van der Waals surface area (Å²) in [4.78, 5) is 12.1. The number of hydrazone groups is 1. The first-order valence-electron chi connectivity index (χ1n) is 7.27. The maximum absolute atomic E-state index is 12.1. The van der Waals surface area contributed by atoms with Gasteiger partial charge in [-0.3, -0.25) is 10.2 Å². The zero-order valence-corrected chi connectivity index (χ0v) is 13.2. The molecule has 1 aromatic rings. The van der Waals surface area contributed by atoms with Gasteiger partial charge in [-0.05, 0) is 47.4 Å². The maximum atomic E-state index is 12.1. The van der Waals surface area contributed by atoms with Crippen LogP contribution in [0.2, 0.25) is 0 Å². The van der Waals surface area contributed by atoms with Gasteiger partial charge < -0.3 is 0 Å². The molecule has 0 saturated heterocycles. The van der Waals surface area contributed by atoms with E-state index < -0.39 is 0 Å². The molecule has 1 heterocycles. The van der Waals surface area contributed by atoms with Crippen LogP contribution in [0.1, 0.15) is 52.2 Å². The molecular formula is C17H21N3O. The molecule has 4 nitrogen and oxygen atoms in total. The molecule has 2 aliphatic rings. The van der Waals surface area contributed by atoms with Crippen LogP contribution >= 0.6 is 0 Å². The van der Waals surface area contributed by atoms with E-state index in [1.165, 1.54) is 16.1 Å². The largest absolute Gasteiger partial charge is 0.298 e. The maximum Gasteiger partial charge on any atom is 0.298 e. The number of carbonyl (C=O) groups excluding carboxylic acids is 1. The van der Waals surface area contributed by atoms with Gasteiger partial charge in [0.2, 0.25) is 0 Å². The van der Waals surface area contributed by atoms with Gasteiger partial charge >= 0.3 is 0 Å². The minimum Gasteiger partial charge on any atom is -0.294 e. The van der Waals surface area contributed by atoms with Gasteiger partial charge in [0.1, 0.15) is 5.71 Å². The van der Waals surface area contributed by atoms with E-state index in [2.05, 4.69) is 44.9 Å². The molecule has 1 aliphatic carbocycles. The number of rotatable bonds is 1. The van der Waals surface area contributed by atoms with E-state index in [-0.39, 0.29) is 22.4 Å². The van der Waals surface area contributed by atoms with Gasteiger partial charge in [0.25, 0.3) is 5.91 Å². The quantitative estimate of drug-likeness (QED) is 0.844. The minimum absolute atomic E-state index is 0.0184. The Kier molecular flexibility index (Phi) is 2.68. The third-order valence-corrected chi connectivity index (χ3v) is 4.61. The lowest BCUT2D eigenvalue weighted by molar-refractivity contribution is -0.112. The third kappa shape index (κ3) is 1.93. The van der Waals surface area contributed by atoms with Gasteiger partial charge in [-0.15, -0.1) is 0 Å². The Morgan fingerprint density at radius 2 is 1.76 bits per heavy atom. The Morgan fingerprint density at radius 1 is 1.14 bits per heavy atom. The second-order valence-corrected chi connectivity index (χ2v) is 7.35. The van der Waals surface area contributed by atoms with Crippen molar-refractivity contribution in [2.45, 2.75) is 51.9 Å². The molecule has 1 amide bonds. The Bertz CT molecular complexity index is 698. The number of carbonyl (C=O) groups is 1. The first kappa shape index (κ1) is 14.0. The zero-order chi connectivity index (χ0) is 15.6. The number of nitrogens with one attached hydrogen (secondary N) is 1. The number of fused-ring (bicyclic) bond motifs is 1. The number of benzene rings is 1. The minimum atomic E-state index is -0.345. The topological polar surface area (TPSA) is 56.5 Å². The van der Waals surface area contributed by atoms with E-state index in [4.69, 9.17) is 5.41 Å². The van der Waals surface area contributed by atoms with Crippen LogP contribution < -0.4 is 5.01 Å². The van der Waals surface area contributed by atoms with Crippen LogP contribution in [0.25, 0.3) is 0 Å². The highest BCUT2D eigenvalue weighted by Crippen LogP contribution is 2.50. The van der Waals surface area contributed by atoms with Crippen molar-refractivity contribution in [2.75, 3.05) is 5.01 Å². The molecule has 0 radical (unpaired) electrons. The smallest absolute Gasteiger partial charge is 0.294 e. The molecule has 1 N–H and O–H groups in total. The van der Waals surface area contributed by atoms with Gasteiger partial charge in [-0.2, -0.15) is 10.1 Å². The lowest BCUT2D eigenvalue weighted by atomic mass is 9.82. The van der Waals surface area contributed by atoms with Crippen molar-refractivity contribution < 1.29 is 4.79 Å². The fraction of sp³-hybridized carbons (Fsp3) is 0.471. The van der Waals surface area contributed by atoms with Crippen molar-refractivity contribution in [3.8, 4) is 0 Å². The summed E-state index contributed by atoms with van der Waals surface area (Å²) < 4.78 is 0. The van der Waals surface area contributed by atoms with Crippen molar-refractivity contribution in [1.29, 1.82) is 5.41 Å². The Labute approximate surface area is 125 Å². The van der Waals surface area contributed by atoms with E-state index >= 15 is 0 Å². The SMILES string of the molecule is CC1=NN(c2ccc3c(c2)C(C)(C)CC3(C)C)C(=O)C1=N. The van der Waals surface area contributed by atoms with Crippen molar-refractivity contribution >= 4 is 23.0 Å². The fourth-order valence-electron chi connectivity index (χ4n) is 3.79. The number of anilines is 1. The second-order valence-electron chi connectivity index (χ2n) is 7.35. The molecule has 110 valence electrons. The highest BCUT2D eigenvalue weighted by molar-refractivity contribution is 6.70. The van der Waals surface area contributed by atoms with Gasteiger partial charge in [-0.1, -0.05) is 33.8 Å². The average Bonchev–Trinajstić information content (AvgIpc) is 2.74. The van der Waals surface area contributed by atoms with Gasteiger partial charge in [0.05, 0.1) is 11.4 Å². The first-order valence-corrected chi connectivity index (χ1v) is 7.27. The van der Waals surface area contributed by atoms with Crippen LogP contribution in [0.15, 0.2) is 23.3 Å². The molecular weight excluding hydrogens is 262 g/mol. The lowest BCUT2D eigenvalue weighted by Gasteiger charge is -2.22. The highest BCUT2D eigenvalue weighted by atomic mass is 16.2. The molecule has 0 spiro atoms. The van der Waals surface area contributed by atoms with Crippen LogP contribution in [-0.4, -0.2) is 17.3 Å². The summed E-state index contributed by atoms with van der Waals surface area (Å²) in [5.74, 6) is -0.345. The Morgan fingerprint density at radius 3 is 2.33 bits per heavy atom. The number of amides is 1. The average molecular weight is 283 g/mol. The van der Waals surface area contributed by atoms with Gasteiger partial charge in [0.15, 0.2) is 0 Å². The molecule has 0 unspecified atom stereocenters. The third-order valence-electron chi connectivity index (χ3n) is 4.61.